The summed E-state index contributed by atoms with van der Waals surface area (Å²) in [6.07, 6.45) is 4.17. The van der Waals surface area contributed by atoms with Gasteiger partial charge in [0.2, 0.25) is 0 Å². The second-order valence-electron chi connectivity index (χ2n) is 6.14. The zero-order valence-corrected chi connectivity index (χ0v) is 14.6. The van der Waals surface area contributed by atoms with Crippen LogP contribution in [0.5, 0.6) is 11.5 Å². The van der Waals surface area contributed by atoms with Gasteiger partial charge in [0.1, 0.15) is 0 Å². The van der Waals surface area contributed by atoms with Crippen LogP contribution in [0.25, 0.3) is 0 Å². The highest BCUT2D eigenvalue weighted by Gasteiger charge is 2.27. The second-order valence-corrected chi connectivity index (χ2v) is 6.14. The topological polar surface area (TPSA) is 38.8 Å². The second kappa shape index (κ2) is 8.16. The van der Waals surface area contributed by atoms with Gasteiger partial charge in [-0.2, -0.15) is 0 Å². The molecular weight excluding hydrogens is 290 g/mol. The van der Waals surface area contributed by atoms with Crippen LogP contribution in [-0.4, -0.2) is 44.5 Å². The predicted molar refractivity (Wildman–Crippen MR) is 92.5 cm³/mol. The molecule has 0 bridgehead atoms. The van der Waals surface area contributed by atoms with Crippen LogP contribution in [0.1, 0.15) is 37.0 Å². The lowest BCUT2D eigenvalue weighted by atomic mass is 9.89. The fourth-order valence-electron chi connectivity index (χ4n) is 3.08. The van der Waals surface area contributed by atoms with Gasteiger partial charge in [-0.1, -0.05) is 11.6 Å². The van der Waals surface area contributed by atoms with E-state index >= 15 is 0 Å². The molecule has 1 aliphatic rings. The van der Waals surface area contributed by atoms with Crippen molar-refractivity contribution in [2.45, 2.75) is 26.7 Å². The number of hydrogen-bond acceptors (Lipinski definition) is 4. The summed E-state index contributed by atoms with van der Waals surface area (Å²) in [7, 11) is 3.19. The Labute approximate surface area is 139 Å². The van der Waals surface area contributed by atoms with Crippen molar-refractivity contribution in [2.24, 2.45) is 5.92 Å². The van der Waals surface area contributed by atoms with Crippen molar-refractivity contribution < 1.29 is 14.3 Å². The summed E-state index contributed by atoms with van der Waals surface area (Å²) in [5.41, 5.74) is 2.06. The maximum Gasteiger partial charge on any atom is 0.167 e. The number of piperidine rings is 1. The van der Waals surface area contributed by atoms with Crippen LogP contribution < -0.4 is 9.47 Å². The van der Waals surface area contributed by atoms with Crippen molar-refractivity contribution in [3.8, 4) is 11.5 Å². The molecule has 0 amide bonds. The third-order valence-corrected chi connectivity index (χ3v) is 4.51. The van der Waals surface area contributed by atoms with E-state index in [1.54, 1.807) is 26.4 Å². The summed E-state index contributed by atoms with van der Waals surface area (Å²) in [4.78, 5) is 15.2. The number of methoxy groups -OCH3 is 2. The van der Waals surface area contributed by atoms with Gasteiger partial charge in [-0.25, -0.2) is 0 Å². The summed E-state index contributed by atoms with van der Waals surface area (Å²) in [6.45, 7) is 7.05. The fraction of sp³-hybridized carbons (Fsp3) is 0.526. The summed E-state index contributed by atoms with van der Waals surface area (Å²) in [5.74, 6) is 1.52. The van der Waals surface area contributed by atoms with E-state index in [1.807, 2.05) is 6.07 Å². The number of hydrogen-bond donors (Lipinski definition) is 0. The summed E-state index contributed by atoms with van der Waals surface area (Å²) in [5, 5.41) is 0. The molecule has 0 spiro atoms. The lowest BCUT2D eigenvalue weighted by Gasteiger charge is -2.32. The van der Waals surface area contributed by atoms with E-state index in [-0.39, 0.29) is 11.7 Å². The molecule has 126 valence electrons. The zero-order chi connectivity index (χ0) is 16.8. The number of allylic oxidation sites excluding steroid dienone is 1. The molecule has 0 radical (unpaired) electrons. The number of rotatable bonds is 6. The molecule has 1 atom stereocenters. The summed E-state index contributed by atoms with van der Waals surface area (Å²) in [6, 6.07) is 5.42. The molecule has 0 N–H and O–H groups in total. The van der Waals surface area contributed by atoms with Gasteiger partial charge in [0, 0.05) is 24.6 Å². The van der Waals surface area contributed by atoms with Crippen LogP contribution in [0.4, 0.5) is 0 Å². The first-order valence-corrected chi connectivity index (χ1v) is 8.19. The van der Waals surface area contributed by atoms with E-state index in [9.17, 15) is 4.79 Å². The number of benzene rings is 1. The van der Waals surface area contributed by atoms with E-state index in [0.29, 0.717) is 17.1 Å². The first-order chi connectivity index (χ1) is 11.1. The Hall–Kier alpha value is -1.81. The van der Waals surface area contributed by atoms with Crippen LogP contribution in [-0.2, 0) is 0 Å². The molecule has 1 fully saturated rings. The highest BCUT2D eigenvalue weighted by Crippen LogP contribution is 2.30. The van der Waals surface area contributed by atoms with E-state index in [4.69, 9.17) is 9.47 Å². The van der Waals surface area contributed by atoms with Crippen LogP contribution in [0, 0.1) is 5.92 Å². The number of ketones is 1. The number of carbonyl (C=O) groups excluding carboxylic acids is 1. The van der Waals surface area contributed by atoms with Crippen molar-refractivity contribution in [1.82, 2.24) is 4.90 Å². The van der Waals surface area contributed by atoms with Crippen LogP contribution >= 0.6 is 0 Å². The number of Topliss-reactive ketones (excluding diaryl/α,β-unsaturated/α-hetero) is 1. The first kappa shape index (κ1) is 17.5. The highest BCUT2D eigenvalue weighted by atomic mass is 16.5. The Balaban J connectivity index is 2.10. The van der Waals surface area contributed by atoms with Gasteiger partial charge in [-0.3, -0.25) is 9.69 Å². The SMILES string of the molecule is C/C=C(\C)CN1CCCC(C(=O)c2ccc(OC)c(OC)c2)C1. The number of ether oxygens (including phenoxy) is 2. The van der Waals surface area contributed by atoms with Crippen molar-refractivity contribution in [3.63, 3.8) is 0 Å². The molecular formula is C19H27NO3. The Morgan fingerprint density at radius 1 is 1.30 bits per heavy atom. The monoisotopic (exact) mass is 317 g/mol. The van der Waals surface area contributed by atoms with Crippen molar-refractivity contribution in [3.05, 3.63) is 35.4 Å². The van der Waals surface area contributed by atoms with Gasteiger partial charge in [0.25, 0.3) is 0 Å². The lowest BCUT2D eigenvalue weighted by Crippen LogP contribution is -2.39. The minimum atomic E-state index is 0.0616. The molecule has 0 aliphatic carbocycles. The maximum absolute atomic E-state index is 12.8. The predicted octanol–water partition coefficient (Wildman–Crippen LogP) is 3.56. The van der Waals surface area contributed by atoms with Crippen LogP contribution in [0.2, 0.25) is 0 Å². The Bertz CT molecular complexity index is 580. The number of likely N-dealkylation sites (tertiary alicyclic amines) is 1. The molecule has 1 heterocycles. The first-order valence-electron chi connectivity index (χ1n) is 8.19. The molecule has 1 aromatic carbocycles. The van der Waals surface area contributed by atoms with E-state index in [2.05, 4.69) is 24.8 Å². The molecule has 4 heteroatoms. The number of carbonyl (C=O) groups is 1. The van der Waals surface area contributed by atoms with Crippen LogP contribution in [0.15, 0.2) is 29.8 Å². The van der Waals surface area contributed by atoms with Gasteiger partial charge in [-0.15, -0.1) is 0 Å². The normalized spacial score (nSPS) is 19.5. The third kappa shape index (κ3) is 4.35. The zero-order valence-electron chi connectivity index (χ0n) is 14.6. The maximum atomic E-state index is 12.8. The fourth-order valence-corrected chi connectivity index (χ4v) is 3.08. The van der Waals surface area contributed by atoms with Gasteiger partial charge in [0.15, 0.2) is 17.3 Å². The highest BCUT2D eigenvalue weighted by molar-refractivity contribution is 5.98. The van der Waals surface area contributed by atoms with E-state index in [1.165, 1.54) is 5.57 Å². The van der Waals surface area contributed by atoms with Crippen LogP contribution in [0.3, 0.4) is 0 Å². The van der Waals surface area contributed by atoms with Crippen molar-refractivity contribution in [2.75, 3.05) is 33.9 Å². The average Bonchev–Trinajstić information content (AvgIpc) is 2.60. The largest absolute Gasteiger partial charge is 0.493 e. The number of nitrogens with zero attached hydrogens (tertiary/aromatic N) is 1. The molecule has 1 aromatic rings. The minimum absolute atomic E-state index is 0.0616. The van der Waals surface area contributed by atoms with E-state index in [0.717, 1.165) is 32.5 Å². The van der Waals surface area contributed by atoms with Crippen molar-refractivity contribution >= 4 is 5.78 Å². The summed E-state index contributed by atoms with van der Waals surface area (Å²) < 4.78 is 10.5. The molecule has 0 aromatic heterocycles. The van der Waals surface area contributed by atoms with Gasteiger partial charge in [-0.05, 0) is 51.4 Å². The molecule has 1 unspecified atom stereocenters. The average molecular weight is 317 g/mol. The van der Waals surface area contributed by atoms with Gasteiger partial charge < -0.3 is 9.47 Å². The van der Waals surface area contributed by atoms with Crippen molar-refractivity contribution in [1.29, 1.82) is 0 Å². The van der Waals surface area contributed by atoms with Gasteiger partial charge >= 0.3 is 0 Å². The molecule has 23 heavy (non-hydrogen) atoms. The quantitative estimate of drug-likeness (QED) is 0.594. The molecule has 4 nitrogen and oxygen atoms in total. The standard InChI is InChI=1S/C19H27NO3/c1-5-14(2)12-20-10-6-7-16(13-20)19(21)15-8-9-17(22-3)18(11-15)23-4/h5,8-9,11,16H,6-7,10,12-13H2,1-4H3/b14-5+. The Kier molecular flexibility index (Phi) is 6.22. The molecule has 1 aliphatic heterocycles. The van der Waals surface area contributed by atoms with Gasteiger partial charge in [0.05, 0.1) is 14.2 Å². The Morgan fingerprint density at radius 2 is 2.04 bits per heavy atom. The van der Waals surface area contributed by atoms with E-state index < -0.39 is 0 Å². The Morgan fingerprint density at radius 3 is 2.70 bits per heavy atom. The third-order valence-electron chi connectivity index (χ3n) is 4.51. The molecule has 0 saturated carbocycles. The summed E-state index contributed by atoms with van der Waals surface area (Å²) >= 11 is 0. The molecule has 1 saturated heterocycles. The lowest BCUT2D eigenvalue weighted by molar-refractivity contribution is 0.0828. The minimum Gasteiger partial charge on any atom is -0.493 e. The molecule has 2 rings (SSSR count). The smallest absolute Gasteiger partial charge is 0.167 e.